The van der Waals surface area contributed by atoms with Crippen LogP contribution < -0.4 is 11.1 Å². The van der Waals surface area contributed by atoms with E-state index in [4.69, 9.17) is 11.0 Å². The highest BCUT2D eigenvalue weighted by molar-refractivity contribution is 6.04. The molecular formula is C18H14FN5O. The van der Waals surface area contributed by atoms with Gasteiger partial charge >= 0.3 is 0 Å². The average molecular weight is 335 g/mol. The average Bonchev–Trinajstić information content (AvgIpc) is 2.98. The number of carbonyl (C=O) groups excluding carboxylic acids is 1. The van der Waals surface area contributed by atoms with Crippen molar-refractivity contribution in [3.8, 4) is 11.8 Å². The van der Waals surface area contributed by atoms with Crippen LogP contribution in [0.4, 0.5) is 15.9 Å². The second-order valence-corrected chi connectivity index (χ2v) is 5.43. The zero-order chi connectivity index (χ0) is 18.0. The Labute approximate surface area is 143 Å². The lowest BCUT2D eigenvalue weighted by molar-refractivity contribution is 0.102. The third-order valence-electron chi connectivity index (χ3n) is 3.74. The fourth-order valence-corrected chi connectivity index (χ4v) is 2.37. The number of rotatable bonds is 3. The van der Waals surface area contributed by atoms with Crippen LogP contribution in [0.3, 0.4) is 0 Å². The Kier molecular flexibility index (Phi) is 4.18. The third-order valence-corrected chi connectivity index (χ3v) is 3.74. The van der Waals surface area contributed by atoms with E-state index in [-0.39, 0.29) is 23.1 Å². The van der Waals surface area contributed by atoms with Crippen LogP contribution >= 0.6 is 0 Å². The number of hydrogen-bond donors (Lipinski definition) is 2. The van der Waals surface area contributed by atoms with Crippen LogP contribution in [0.15, 0.2) is 48.7 Å². The van der Waals surface area contributed by atoms with Gasteiger partial charge in [-0.1, -0.05) is 0 Å². The number of nitrogens with zero attached hydrogens (tertiary/aromatic N) is 3. The summed E-state index contributed by atoms with van der Waals surface area (Å²) in [5.41, 5.74) is 8.37. The van der Waals surface area contributed by atoms with Crippen molar-refractivity contribution < 1.29 is 9.18 Å². The number of carbonyl (C=O) groups is 1. The number of nitrogen functional groups attached to an aromatic ring is 1. The van der Waals surface area contributed by atoms with Gasteiger partial charge in [-0.3, -0.25) is 4.79 Å². The molecule has 25 heavy (non-hydrogen) atoms. The predicted octanol–water partition coefficient (Wildman–Crippen LogP) is 3.03. The lowest BCUT2D eigenvalue weighted by Gasteiger charge is -2.09. The molecule has 0 fully saturated rings. The van der Waals surface area contributed by atoms with Crippen LogP contribution in [0, 0.1) is 24.1 Å². The minimum atomic E-state index is -0.353. The van der Waals surface area contributed by atoms with Gasteiger partial charge in [-0.2, -0.15) is 10.4 Å². The molecule has 6 nitrogen and oxygen atoms in total. The number of aryl methyl sites for hydroxylation is 1. The molecule has 0 aliphatic rings. The van der Waals surface area contributed by atoms with E-state index in [1.54, 1.807) is 31.2 Å². The first kappa shape index (κ1) is 16.2. The predicted molar refractivity (Wildman–Crippen MR) is 91.8 cm³/mol. The van der Waals surface area contributed by atoms with Gasteiger partial charge < -0.3 is 11.1 Å². The molecule has 0 aliphatic carbocycles. The first-order chi connectivity index (χ1) is 12.0. The van der Waals surface area contributed by atoms with E-state index in [0.29, 0.717) is 22.5 Å². The first-order valence-corrected chi connectivity index (χ1v) is 7.41. The van der Waals surface area contributed by atoms with Gasteiger partial charge in [-0.05, 0) is 55.0 Å². The maximum atomic E-state index is 13.1. The summed E-state index contributed by atoms with van der Waals surface area (Å²) in [6.45, 7) is 1.72. The van der Waals surface area contributed by atoms with Gasteiger partial charge in [0.1, 0.15) is 23.3 Å². The van der Waals surface area contributed by atoms with Gasteiger partial charge in [-0.25, -0.2) is 9.07 Å². The standard InChI is InChI=1S/C18H14FN5O/c1-11-8-14(19)4-7-16(11)23-18(25)12-2-5-15(6-3-12)24-17(21)13(9-20)10-22-24/h2-8,10H,21H2,1H3,(H,23,25). The quantitative estimate of drug-likeness (QED) is 0.769. The Bertz CT molecular complexity index is 986. The molecule has 0 radical (unpaired) electrons. The molecule has 7 heteroatoms. The van der Waals surface area contributed by atoms with Crippen LogP contribution in [0.5, 0.6) is 0 Å². The van der Waals surface area contributed by atoms with Crippen LogP contribution in [-0.2, 0) is 0 Å². The van der Waals surface area contributed by atoms with E-state index in [0.717, 1.165) is 0 Å². The molecule has 0 unspecified atom stereocenters. The molecular weight excluding hydrogens is 321 g/mol. The largest absolute Gasteiger partial charge is 0.382 e. The van der Waals surface area contributed by atoms with Crippen LogP contribution in [0.2, 0.25) is 0 Å². The Hall–Kier alpha value is -3.66. The number of halogens is 1. The molecule has 3 N–H and O–H groups in total. The highest BCUT2D eigenvalue weighted by Crippen LogP contribution is 2.19. The van der Waals surface area contributed by atoms with Crippen molar-refractivity contribution in [2.24, 2.45) is 0 Å². The molecule has 0 aliphatic heterocycles. The highest BCUT2D eigenvalue weighted by Gasteiger charge is 2.11. The number of benzene rings is 2. The van der Waals surface area contributed by atoms with Gasteiger partial charge in [0.05, 0.1) is 11.9 Å². The zero-order valence-electron chi connectivity index (χ0n) is 13.3. The molecule has 3 rings (SSSR count). The number of aromatic nitrogens is 2. The fourth-order valence-electron chi connectivity index (χ4n) is 2.37. The molecule has 0 spiro atoms. The maximum absolute atomic E-state index is 13.1. The summed E-state index contributed by atoms with van der Waals surface area (Å²) < 4.78 is 14.5. The van der Waals surface area contributed by atoms with E-state index < -0.39 is 0 Å². The molecule has 1 amide bonds. The van der Waals surface area contributed by atoms with Crippen molar-refractivity contribution in [1.29, 1.82) is 5.26 Å². The van der Waals surface area contributed by atoms with Gasteiger partial charge in [0.2, 0.25) is 0 Å². The normalized spacial score (nSPS) is 10.3. The minimum absolute atomic E-state index is 0.238. The lowest BCUT2D eigenvalue weighted by Crippen LogP contribution is -2.13. The van der Waals surface area contributed by atoms with E-state index in [2.05, 4.69) is 10.4 Å². The Morgan fingerprint density at radius 3 is 2.60 bits per heavy atom. The fraction of sp³-hybridized carbons (Fsp3) is 0.0556. The van der Waals surface area contributed by atoms with E-state index in [9.17, 15) is 9.18 Å². The van der Waals surface area contributed by atoms with Crippen LogP contribution in [0.25, 0.3) is 5.69 Å². The monoisotopic (exact) mass is 335 g/mol. The second-order valence-electron chi connectivity index (χ2n) is 5.43. The highest BCUT2D eigenvalue weighted by atomic mass is 19.1. The van der Waals surface area contributed by atoms with E-state index in [1.165, 1.54) is 29.1 Å². The molecule has 1 heterocycles. The van der Waals surface area contributed by atoms with Crippen molar-refractivity contribution in [2.75, 3.05) is 11.1 Å². The number of nitriles is 1. The molecule has 0 saturated carbocycles. The molecule has 0 atom stereocenters. The van der Waals surface area contributed by atoms with Crippen molar-refractivity contribution in [3.05, 3.63) is 71.2 Å². The summed E-state index contributed by atoms with van der Waals surface area (Å²) in [6.07, 6.45) is 1.38. The maximum Gasteiger partial charge on any atom is 0.255 e. The van der Waals surface area contributed by atoms with Gasteiger partial charge in [0, 0.05) is 11.3 Å². The topological polar surface area (TPSA) is 96.7 Å². The van der Waals surface area contributed by atoms with Crippen molar-refractivity contribution in [2.45, 2.75) is 6.92 Å². The van der Waals surface area contributed by atoms with Gasteiger partial charge in [0.25, 0.3) is 5.91 Å². The van der Waals surface area contributed by atoms with Crippen molar-refractivity contribution >= 4 is 17.4 Å². The molecule has 0 saturated heterocycles. The summed E-state index contributed by atoms with van der Waals surface area (Å²) in [7, 11) is 0. The summed E-state index contributed by atoms with van der Waals surface area (Å²) in [4.78, 5) is 12.3. The van der Waals surface area contributed by atoms with Gasteiger partial charge in [-0.15, -0.1) is 0 Å². The smallest absolute Gasteiger partial charge is 0.255 e. The summed E-state index contributed by atoms with van der Waals surface area (Å²) in [6, 6.07) is 12.7. The van der Waals surface area contributed by atoms with E-state index in [1.807, 2.05) is 6.07 Å². The van der Waals surface area contributed by atoms with E-state index >= 15 is 0 Å². The second kappa shape index (κ2) is 6.45. The summed E-state index contributed by atoms with van der Waals surface area (Å²) >= 11 is 0. The number of anilines is 2. The summed E-state index contributed by atoms with van der Waals surface area (Å²) in [5.74, 6) is -0.428. The number of nitrogens with two attached hydrogens (primary N) is 1. The van der Waals surface area contributed by atoms with Crippen LogP contribution in [0.1, 0.15) is 21.5 Å². The van der Waals surface area contributed by atoms with Crippen molar-refractivity contribution in [3.63, 3.8) is 0 Å². The number of hydrogen-bond acceptors (Lipinski definition) is 4. The molecule has 0 bridgehead atoms. The Morgan fingerprint density at radius 2 is 2.00 bits per heavy atom. The third kappa shape index (κ3) is 3.19. The van der Waals surface area contributed by atoms with Crippen LogP contribution in [-0.4, -0.2) is 15.7 Å². The minimum Gasteiger partial charge on any atom is -0.382 e. The Balaban J connectivity index is 1.81. The lowest BCUT2D eigenvalue weighted by atomic mass is 10.1. The van der Waals surface area contributed by atoms with Gasteiger partial charge in [0.15, 0.2) is 0 Å². The van der Waals surface area contributed by atoms with Crippen molar-refractivity contribution in [1.82, 2.24) is 9.78 Å². The summed E-state index contributed by atoms with van der Waals surface area (Å²) in [5, 5.41) is 15.7. The molecule has 124 valence electrons. The number of nitrogens with one attached hydrogen (secondary N) is 1. The molecule has 3 aromatic rings. The Morgan fingerprint density at radius 1 is 1.28 bits per heavy atom. The molecule has 1 aromatic heterocycles. The SMILES string of the molecule is Cc1cc(F)ccc1NC(=O)c1ccc(-n2ncc(C#N)c2N)cc1. The molecule has 2 aromatic carbocycles. The zero-order valence-corrected chi connectivity index (χ0v) is 13.3. The first-order valence-electron chi connectivity index (χ1n) is 7.41. The number of amides is 1.